The zero-order valence-corrected chi connectivity index (χ0v) is 16.3. The summed E-state index contributed by atoms with van der Waals surface area (Å²) in [5.74, 6) is 1.91. The number of morpholine rings is 1. The van der Waals surface area contributed by atoms with E-state index in [9.17, 15) is 4.79 Å². The molecule has 1 aromatic heterocycles. The van der Waals surface area contributed by atoms with Gasteiger partial charge in [0.05, 0.1) is 25.7 Å². The molecule has 0 saturated carbocycles. The molecule has 8 nitrogen and oxygen atoms in total. The average Bonchev–Trinajstić information content (AvgIpc) is 3.13. The van der Waals surface area contributed by atoms with Crippen LogP contribution in [0.1, 0.15) is 37.4 Å². The number of hydrogen-bond acceptors (Lipinski definition) is 7. The normalized spacial score (nSPS) is 26.4. The van der Waals surface area contributed by atoms with Crippen molar-refractivity contribution in [3.63, 3.8) is 0 Å². The molecule has 3 saturated heterocycles. The fraction of sp³-hybridized carbons (Fsp3) is 0.842. The number of rotatable bonds is 4. The second-order valence-electron chi connectivity index (χ2n) is 8.01. The topological polar surface area (TPSA) is 74.9 Å². The van der Waals surface area contributed by atoms with Gasteiger partial charge in [-0.15, -0.1) is 0 Å². The number of aromatic nitrogens is 2. The van der Waals surface area contributed by atoms with Crippen molar-refractivity contribution in [2.75, 3.05) is 52.5 Å². The summed E-state index contributed by atoms with van der Waals surface area (Å²) in [6, 6.07) is 0.589. The summed E-state index contributed by atoms with van der Waals surface area (Å²) in [7, 11) is 0. The molecule has 1 aromatic rings. The Kier molecular flexibility index (Phi) is 6.04. The number of likely N-dealkylation sites (tertiary alicyclic amines) is 2. The number of amides is 1. The van der Waals surface area contributed by atoms with Crippen molar-refractivity contribution in [2.24, 2.45) is 5.92 Å². The van der Waals surface area contributed by atoms with E-state index in [1.807, 2.05) is 11.8 Å². The van der Waals surface area contributed by atoms with Crippen molar-refractivity contribution in [2.45, 2.75) is 45.2 Å². The SMILES string of the molecule is Cc1noc(CN2CCC(N3CCC[C@@H](C(=O)N4CCOCC4)C3)CC2)n1. The van der Waals surface area contributed by atoms with Crippen LogP contribution in [0.5, 0.6) is 0 Å². The Labute approximate surface area is 160 Å². The number of hydrogen-bond donors (Lipinski definition) is 0. The molecule has 1 amide bonds. The molecule has 3 aliphatic rings. The van der Waals surface area contributed by atoms with Gasteiger partial charge in [0.2, 0.25) is 11.8 Å². The van der Waals surface area contributed by atoms with Gasteiger partial charge in [0.25, 0.3) is 0 Å². The van der Waals surface area contributed by atoms with Crippen molar-refractivity contribution in [3.05, 3.63) is 11.7 Å². The van der Waals surface area contributed by atoms with Crippen LogP contribution in [-0.4, -0.2) is 89.3 Å². The van der Waals surface area contributed by atoms with Crippen molar-refractivity contribution in [1.82, 2.24) is 24.8 Å². The fourth-order valence-corrected chi connectivity index (χ4v) is 4.62. The van der Waals surface area contributed by atoms with Gasteiger partial charge in [0.15, 0.2) is 5.82 Å². The zero-order valence-electron chi connectivity index (χ0n) is 16.3. The second-order valence-corrected chi connectivity index (χ2v) is 8.01. The van der Waals surface area contributed by atoms with Crippen molar-refractivity contribution < 1.29 is 14.1 Å². The third-order valence-electron chi connectivity index (χ3n) is 6.13. The zero-order chi connectivity index (χ0) is 18.6. The minimum absolute atomic E-state index is 0.163. The maximum Gasteiger partial charge on any atom is 0.240 e. The quantitative estimate of drug-likeness (QED) is 0.772. The molecule has 150 valence electrons. The molecule has 3 aliphatic heterocycles. The van der Waals surface area contributed by atoms with Crippen LogP contribution >= 0.6 is 0 Å². The predicted octanol–water partition coefficient (Wildman–Crippen LogP) is 0.913. The van der Waals surface area contributed by atoms with Gasteiger partial charge in [0, 0.05) is 38.8 Å². The number of carbonyl (C=O) groups excluding carboxylic acids is 1. The van der Waals surface area contributed by atoms with Gasteiger partial charge >= 0.3 is 0 Å². The van der Waals surface area contributed by atoms with E-state index in [-0.39, 0.29) is 5.92 Å². The van der Waals surface area contributed by atoms with Gasteiger partial charge < -0.3 is 14.2 Å². The fourth-order valence-electron chi connectivity index (χ4n) is 4.62. The molecule has 4 heterocycles. The summed E-state index contributed by atoms with van der Waals surface area (Å²) in [6.07, 6.45) is 4.45. The third-order valence-corrected chi connectivity index (χ3v) is 6.13. The highest BCUT2D eigenvalue weighted by atomic mass is 16.5. The van der Waals surface area contributed by atoms with Crippen LogP contribution in [-0.2, 0) is 16.1 Å². The molecule has 1 atom stereocenters. The van der Waals surface area contributed by atoms with E-state index in [0.29, 0.717) is 36.9 Å². The van der Waals surface area contributed by atoms with Crippen LogP contribution in [0.2, 0.25) is 0 Å². The minimum atomic E-state index is 0.163. The molecule has 0 bridgehead atoms. The standard InChI is InChI=1S/C19H31N5O3/c1-15-20-18(27-21-15)14-22-7-4-17(5-8-22)24-6-2-3-16(13-24)19(25)23-9-11-26-12-10-23/h16-17H,2-14H2,1H3/t16-/m1/s1. The molecule has 0 radical (unpaired) electrons. The van der Waals surface area contributed by atoms with E-state index in [1.165, 1.54) is 0 Å². The molecule has 0 unspecified atom stereocenters. The number of nitrogens with zero attached hydrogens (tertiary/aromatic N) is 5. The lowest BCUT2D eigenvalue weighted by Gasteiger charge is -2.42. The first kappa shape index (κ1) is 18.8. The Morgan fingerprint density at radius 3 is 2.59 bits per heavy atom. The molecule has 8 heteroatoms. The second kappa shape index (κ2) is 8.67. The number of aryl methyl sites for hydroxylation is 1. The highest BCUT2D eigenvalue weighted by Crippen LogP contribution is 2.25. The van der Waals surface area contributed by atoms with E-state index in [2.05, 4.69) is 19.9 Å². The number of ether oxygens (including phenoxy) is 1. The predicted molar refractivity (Wildman–Crippen MR) is 99.0 cm³/mol. The van der Waals surface area contributed by atoms with Gasteiger partial charge in [-0.3, -0.25) is 14.6 Å². The Hall–Kier alpha value is -1.51. The van der Waals surface area contributed by atoms with Crippen LogP contribution in [0, 0.1) is 12.8 Å². The van der Waals surface area contributed by atoms with Crippen LogP contribution < -0.4 is 0 Å². The summed E-state index contributed by atoms with van der Waals surface area (Å²) >= 11 is 0. The molecular weight excluding hydrogens is 346 g/mol. The number of piperidine rings is 2. The third kappa shape index (κ3) is 4.67. The van der Waals surface area contributed by atoms with Crippen LogP contribution in [0.15, 0.2) is 4.52 Å². The minimum Gasteiger partial charge on any atom is -0.378 e. The molecule has 0 aromatic carbocycles. The maximum absolute atomic E-state index is 12.9. The molecule has 0 aliphatic carbocycles. The first-order valence-corrected chi connectivity index (χ1v) is 10.3. The molecule has 3 fully saturated rings. The van der Waals surface area contributed by atoms with Crippen LogP contribution in [0.4, 0.5) is 0 Å². The molecule has 4 rings (SSSR count). The van der Waals surface area contributed by atoms with Crippen LogP contribution in [0.25, 0.3) is 0 Å². The Morgan fingerprint density at radius 2 is 1.89 bits per heavy atom. The molecule has 0 N–H and O–H groups in total. The summed E-state index contributed by atoms with van der Waals surface area (Å²) in [5, 5.41) is 3.87. The van der Waals surface area contributed by atoms with Crippen molar-refractivity contribution in [3.8, 4) is 0 Å². The van der Waals surface area contributed by atoms with E-state index in [4.69, 9.17) is 9.26 Å². The summed E-state index contributed by atoms with van der Waals surface area (Å²) in [4.78, 5) is 24.1. The lowest BCUT2D eigenvalue weighted by Crippen LogP contribution is -2.52. The Bertz CT molecular complexity index is 623. The highest BCUT2D eigenvalue weighted by molar-refractivity contribution is 5.79. The molecular formula is C19H31N5O3. The van der Waals surface area contributed by atoms with E-state index in [1.54, 1.807) is 0 Å². The Balaban J connectivity index is 1.26. The van der Waals surface area contributed by atoms with Crippen LogP contribution in [0.3, 0.4) is 0 Å². The Morgan fingerprint density at radius 1 is 1.11 bits per heavy atom. The largest absolute Gasteiger partial charge is 0.378 e. The molecule has 0 spiro atoms. The van der Waals surface area contributed by atoms with E-state index < -0.39 is 0 Å². The van der Waals surface area contributed by atoms with Gasteiger partial charge in [0.1, 0.15) is 0 Å². The molecule has 27 heavy (non-hydrogen) atoms. The van der Waals surface area contributed by atoms with Gasteiger partial charge in [-0.05, 0) is 39.2 Å². The van der Waals surface area contributed by atoms with E-state index >= 15 is 0 Å². The van der Waals surface area contributed by atoms with Crippen molar-refractivity contribution in [1.29, 1.82) is 0 Å². The lowest BCUT2D eigenvalue weighted by atomic mass is 9.92. The summed E-state index contributed by atoms with van der Waals surface area (Å²) in [6.45, 7) is 9.60. The summed E-state index contributed by atoms with van der Waals surface area (Å²) < 4.78 is 10.6. The maximum atomic E-state index is 12.9. The first-order valence-electron chi connectivity index (χ1n) is 10.3. The van der Waals surface area contributed by atoms with Gasteiger partial charge in [-0.1, -0.05) is 5.16 Å². The van der Waals surface area contributed by atoms with Gasteiger partial charge in [-0.25, -0.2) is 0 Å². The monoisotopic (exact) mass is 377 g/mol. The highest BCUT2D eigenvalue weighted by Gasteiger charge is 2.34. The lowest BCUT2D eigenvalue weighted by molar-refractivity contribution is -0.142. The smallest absolute Gasteiger partial charge is 0.240 e. The summed E-state index contributed by atoms with van der Waals surface area (Å²) in [5.41, 5.74) is 0. The van der Waals surface area contributed by atoms with Crippen molar-refractivity contribution >= 4 is 5.91 Å². The first-order chi connectivity index (χ1) is 13.2. The average molecular weight is 377 g/mol. The number of carbonyl (C=O) groups is 1. The van der Waals surface area contributed by atoms with E-state index in [0.717, 1.165) is 71.5 Å². The van der Waals surface area contributed by atoms with Gasteiger partial charge in [-0.2, -0.15) is 4.98 Å².